The van der Waals surface area contributed by atoms with Gasteiger partial charge >= 0.3 is 0 Å². The van der Waals surface area contributed by atoms with Crippen LogP contribution in [0.3, 0.4) is 0 Å². The second-order valence-corrected chi connectivity index (χ2v) is 8.43. The minimum absolute atomic E-state index is 0.0383. The second-order valence-electron chi connectivity index (χ2n) is 6.31. The lowest BCUT2D eigenvalue weighted by molar-refractivity contribution is 0.0647. The summed E-state index contributed by atoms with van der Waals surface area (Å²) < 4.78 is 30.9. The first-order valence-corrected chi connectivity index (χ1v) is 9.16. The summed E-state index contributed by atoms with van der Waals surface area (Å²) in [6, 6.07) is 1.44. The predicted molar refractivity (Wildman–Crippen MR) is 86.6 cm³/mol. The third-order valence-electron chi connectivity index (χ3n) is 4.41. The van der Waals surface area contributed by atoms with Gasteiger partial charge < -0.3 is 15.1 Å². The van der Waals surface area contributed by atoms with Crippen molar-refractivity contribution in [1.82, 2.24) is 9.21 Å². The minimum Gasteiger partial charge on any atom is -0.455 e. The Hall–Kier alpha value is -1.38. The Morgan fingerprint density at radius 1 is 1.39 bits per heavy atom. The van der Waals surface area contributed by atoms with Gasteiger partial charge in [0, 0.05) is 39.3 Å². The van der Waals surface area contributed by atoms with Gasteiger partial charge in [-0.1, -0.05) is 0 Å². The molecule has 0 bridgehead atoms. The third-order valence-corrected chi connectivity index (χ3v) is 6.33. The average Bonchev–Trinajstić information content (AvgIpc) is 2.89. The molecule has 8 heteroatoms. The zero-order valence-corrected chi connectivity index (χ0v) is 14.9. The Labute approximate surface area is 137 Å². The third kappa shape index (κ3) is 3.59. The Balaban J connectivity index is 2.16. The van der Waals surface area contributed by atoms with Crippen LogP contribution in [0.25, 0.3) is 0 Å². The standard InChI is InChI=1S/C15H25N3O4S/c1-10(16)12-5-7-18(8-6-12)15(19)13-9-14(11(2)22-13)23(20,21)17(3)4/h9-10,12H,5-8,16H2,1-4H3. The molecule has 0 saturated carbocycles. The molecule has 2 rings (SSSR count). The smallest absolute Gasteiger partial charge is 0.289 e. The summed E-state index contributed by atoms with van der Waals surface area (Å²) in [5, 5.41) is 0. The molecule has 1 aliphatic heterocycles. The lowest BCUT2D eigenvalue weighted by Crippen LogP contribution is -2.42. The van der Waals surface area contributed by atoms with Crippen LogP contribution in [0.4, 0.5) is 0 Å². The summed E-state index contributed by atoms with van der Waals surface area (Å²) in [7, 11) is -0.726. The Morgan fingerprint density at radius 2 is 1.96 bits per heavy atom. The van der Waals surface area contributed by atoms with Crippen LogP contribution in [0.5, 0.6) is 0 Å². The molecule has 1 unspecified atom stereocenters. The molecule has 130 valence electrons. The van der Waals surface area contributed by atoms with Crippen LogP contribution in [0.15, 0.2) is 15.4 Å². The Bertz CT molecular complexity index is 671. The fourth-order valence-corrected chi connectivity index (χ4v) is 3.86. The van der Waals surface area contributed by atoms with Gasteiger partial charge in [-0.15, -0.1) is 0 Å². The second kappa shape index (κ2) is 6.62. The molecule has 1 aliphatic rings. The van der Waals surface area contributed by atoms with Gasteiger partial charge in [-0.25, -0.2) is 12.7 Å². The van der Waals surface area contributed by atoms with Crippen molar-refractivity contribution in [3.05, 3.63) is 17.6 Å². The zero-order chi connectivity index (χ0) is 17.4. The first-order valence-electron chi connectivity index (χ1n) is 7.72. The molecule has 0 spiro atoms. The van der Waals surface area contributed by atoms with Crippen LogP contribution in [0, 0.1) is 12.8 Å². The van der Waals surface area contributed by atoms with E-state index < -0.39 is 10.0 Å². The number of piperidine rings is 1. The van der Waals surface area contributed by atoms with Crippen molar-refractivity contribution in [2.75, 3.05) is 27.2 Å². The van der Waals surface area contributed by atoms with E-state index in [0.29, 0.717) is 19.0 Å². The van der Waals surface area contributed by atoms with Crippen molar-refractivity contribution < 1.29 is 17.6 Å². The van der Waals surface area contributed by atoms with Crippen LogP contribution in [0.1, 0.15) is 36.1 Å². The summed E-state index contributed by atoms with van der Waals surface area (Å²) >= 11 is 0. The first-order chi connectivity index (χ1) is 10.6. The molecule has 1 fully saturated rings. The van der Waals surface area contributed by atoms with Crippen molar-refractivity contribution in [1.29, 1.82) is 0 Å². The van der Waals surface area contributed by atoms with E-state index in [4.69, 9.17) is 10.2 Å². The summed E-state index contributed by atoms with van der Waals surface area (Å²) in [6.07, 6.45) is 1.71. The van der Waals surface area contributed by atoms with Crippen molar-refractivity contribution in [3.63, 3.8) is 0 Å². The number of hydrogen-bond donors (Lipinski definition) is 1. The van der Waals surface area contributed by atoms with Crippen LogP contribution < -0.4 is 5.73 Å². The van der Waals surface area contributed by atoms with Crippen LogP contribution >= 0.6 is 0 Å². The average molecular weight is 343 g/mol. The van der Waals surface area contributed by atoms with Gasteiger partial charge in [-0.2, -0.15) is 0 Å². The van der Waals surface area contributed by atoms with Gasteiger partial charge in [0.15, 0.2) is 5.76 Å². The molecule has 1 saturated heterocycles. The van der Waals surface area contributed by atoms with Crippen molar-refractivity contribution in [2.24, 2.45) is 11.7 Å². The minimum atomic E-state index is -3.62. The van der Waals surface area contributed by atoms with E-state index in [1.807, 2.05) is 6.92 Å². The first kappa shape index (κ1) is 18.0. The zero-order valence-electron chi connectivity index (χ0n) is 14.1. The molecular weight excluding hydrogens is 318 g/mol. The molecule has 2 heterocycles. The lowest BCUT2D eigenvalue weighted by Gasteiger charge is -2.33. The molecule has 1 aromatic rings. The number of rotatable bonds is 4. The highest BCUT2D eigenvalue weighted by atomic mass is 32.2. The summed E-state index contributed by atoms with van der Waals surface area (Å²) in [5.74, 6) is 0.452. The highest BCUT2D eigenvalue weighted by molar-refractivity contribution is 7.89. The molecular formula is C15H25N3O4S. The highest BCUT2D eigenvalue weighted by Crippen LogP contribution is 2.25. The van der Waals surface area contributed by atoms with Crippen molar-refractivity contribution in [3.8, 4) is 0 Å². The molecule has 0 radical (unpaired) electrons. The monoisotopic (exact) mass is 343 g/mol. The quantitative estimate of drug-likeness (QED) is 0.881. The molecule has 2 N–H and O–H groups in total. The van der Waals surface area contributed by atoms with Gasteiger partial charge in [0.05, 0.1) is 0 Å². The van der Waals surface area contributed by atoms with Crippen LogP contribution in [0.2, 0.25) is 0 Å². The number of amides is 1. The molecule has 1 atom stereocenters. The highest BCUT2D eigenvalue weighted by Gasteiger charge is 2.30. The van der Waals surface area contributed by atoms with Gasteiger partial charge in [-0.3, -0.25) is 4.79 Å². The summed E-state index contributed by atoms with van der Waals surface area (Å²) in [5.41, 5.74) is 5.91. The van der Waals surface area contributed by atoms with Crippen molar-refractivity contribution in [2.45, 2.75) is 37.6 Å². The van der Waals surface area contributed by atoms with Gasteiger partial charge in [0.25, 0.3) is 5.91 Å². The lowest BCUT2D eigenvalue weighted by atomic mass is 9.91. The van der Waals surface area contributed by atoms with Crippen molar-refractivity contribution >= 4 is 15.9 Å². The maximum absolute atomic E-state index is 12.5. The number of hydrogen-bond acceptors (Lipinski definition) is 5. The van der Waals surface area contributed by atoms with E-state index in [2.05, 4.69) is 0 Å². The number of aryl methyl sites for hydroxylation is 1. The van der Waals surface area contributed by atoms with Crippen LogP contribution in [-0.4, -0.2) is 56.8 Å². The molecule has 7 nitrogen and oxygen atoms in total. The van der Waals surface area contributed by atoms with E-state index in [1.54, 1.807) is 11.8 Å². The molecule has 1 amide bonds. The fraction of sp³-hybridized carbons (Fsp3) is 0.667. The maximum Gasteiger partial charge on any atom is 0.289 e. The van der Waals surface area contributed by atoms with E-state index in [-0.39, 0.29) is 28.4 Å². The predicted octanol–water partition coefficient (Wildman–Crippen LogP) is 1.04. The number of sulfonamides is 1. The topological polar surface area (TPSA) is 96.8 Å². The number of furan rings is 1. The van der Waals surface area contributed by atoms with E-state index >= 15 is 0 Å². The largest absolute Gasteiger partial charge is 0.455 e. The number of nitrogens with two attached hydrogens (primary N) is 1. The van der Waals surface area contributed by atoms with Gasteiger partial charge in [-0.05, 0) is 32.6 Å². The van der Waals surface area contributed by atoms with Gasteiger partial charge in [0.1, 0.15) is 10.7 Å². The number of nitrogens with zero attached hydrogens (tertiary/aromatic N) is 2. The van der Waals surface area contributed by atoms with E-state index in [1.165, 1.54) is 20.2 Å². The number of carbonyl (C=O) groups excluding carboxylic acids is 1. The summed E-state index contributed by atoms with van der Waals surface area (Å²) in [4.78, 5) is 14.3. The van der Waals surface area contributed by atoms with Crippen LogP contribution in [-0.2, 0) is 10.0 Å². The number of carbonyl (C=O) groups is 1. The molecule has 1 aromatic heterocycles. The van der Waals surface area contributed by atoms with Gasteiger partial charge in [0.2, 0.25) is 10.0 Å². The van der Waals surface area contributed by atoms with E-state index in [9.17, 15) is 13.2 Å². The maximum atomic E-state index is 12.5. The summed E-state index contributed by atoms with van der Waals surface area (Å²) in [6.45, 7) is 4.76. The Kier molecular flexibility index (Phi) is 5.17. The molecule has 0 aliphatic carbocycles. The SMILES string of the molecule is Cc1oc(C(=O)N2CCC(C(C)N)CC2)cc1S(=O)(=O)N(C)C. The fourth-order valence-electron chi connectivity index (χ4n) is 2.81. The molecule has 23 heavy (non-hydrogen) atoms. The normalized spacial score (nSPS) is 18.4. The van der Waals surface area contributed by atoms with E-state index in [0.717, 1.165) is 17.1 Å². The Morgan fingerprint density at radius 3 is 2.43 bits per heavy atom. The number of likely N-dealkylation sites (tertiary alicyclic amines) is 1. The molecule has 0 aromatic carbocycles.